The van der Waals surface area contributed by atoms with Crippen LogP contribution < -0.4 is 0 Å². The van der Waals surface area contributed by atoms with Gasteiger partial charge in [-0.25, -0.2) is 4.89 Å². The van der Waals surface area contributed by atoms with E-state index in [1.54, 1.807) is 0 Å². The second kappa shape index (κ2) is 21.1. The fourth-order valence-electron chi connectivity index (χ4n) is 1.76. The average molecular weight is 310 g/mol. The Morgan fingerprint density at radius 1 is 0.750 bits per heavy atom. The molecule has 0 saturated heterocycles. The van der Waals surface area contributed by atoms with E-state index in [0.717, 1.165) is 19.1 Å². The number of hydrogen-bond donors (Lipinski definition) is 0. The van der Waals surface area contributed by atoms with Crippen LogP contribution >= 0.6 is 9.90 Å². The van der Waals surface area contributed by atoms with E-state index < -0.39 is 0 Å². The Morgan fingerprint density at radius 3 is 1.85 bits per heavy atom. The molecule has 0 spiro atoms. The molecule has 6 heteroatoms. The maximum absolute atomic E-state index is 4.69. The largest absolute Gasteiger partial charge is 0.315 e. The zero-order valence-electron chi connectivity index (χ0n) is 12.8. The second-order valence-electron chi connectivity index (χ2n) is 4.47. The van der Waals surface area contributed by atoms with Crippen molar-refractivity contribution in [3.63, 3.8) is 0 Å². The molecule has 0 radical (unpaired) electrons. The van der Waals surface area contributed by atoms with E-state index in [1.165, 1.54) is 51.4 Å². The fourth-order valence-corrected chi connectivity index (χ4v) is 1.76. The first kappa shape index (κ1) is 22.1. The number of rotatable bonds is 16. The molecule has 0 aliphatic carbocycles. The van der Waals surface area contributed by atoms with Gasteiger partial charge in [0, 0.05) is 10.1 Å². The Balaban J connectivity index is 0. The summed E-state index contributed by atoms with van der Waals surface area (Å²) in [5, 5.41) is 12.3. The van der Waals surface area contributed by atoms with E-state index in [0.29, 0.717) is 6.61 Å². The van der Waals surface area contributed by atoms with Gasteiger partial charge < -0.3 is 4.89 Å². The lowest BCUT2D eigenvalue weighted by molar-refractivity contribution is -0.700. The Bertz CT molecular complexity index is 181. The van der Waals surface area contributed by atoms with Crippen LogP contribution in [0.5, 0.6) is 0 Å². The lowest BCUT2D eigenvalue weighted by Gasteiger charge is -2.02. The molecule has 0 saturated carbocycles. The van der Waals surface area contributed by atoms with Crippen LogP contribution in [0.4, 0.5) is 0 Å². The predicted octanol–water partition coefficient (Wildman–Crippen LogP) is 4.85. The maximum Gasteiger partial charge on any atom is 0.125 e. The summed E-state index contributed by atoms with van der Waals surface area (Å²) in [6.45, 7) is 5.97. The summed E-state index contributed by atoms with van der Waals surface area (Å²) in [6.07, 6.45) is 13.9. The minimum atomic E-state index is 0. The van der Waals surface area contributed by atoms with Gasteiger partial charge in [0.1, 0.15) is 6.26 Å². The van der Waals surface area contributed by atoms with Crippen molar-refractivity contribution < 1.29 is 24.9 Å². The van der Waals surface area contributed by atoms with Gasteiger partial charge in [-0.3, -0.25) is 0 Å². The maximum atomic E-state index is 4.69. The van der Waals surface area contributed by atoms with Gasteiger partial charge in [-0.15, -0.1) is 0 Å². The van der Waals surface area contributed by atoms with E-state index in [1.807, 2.05) is 0 Å². The molecule has 0 heterocycles. The molecule has 0 fully saturated rings. The summed E-state index contributed by atoms with van der Waals surface area (Å²) < 4.78 is 0. The van der Waals surface area contributed by atoms with Crippen molar-refractivity contribution in [2.45, 2.75) is 71.1 Å². The quantitative estimate of drug-likeness (QED) is 0.134. The van der Waals surface area contributed by atoms with Crippen molar-refractivity contribution >= 4 is 9.90 Å². The van der Waals surface area contributed by atoms with Crippen LogP contribution in [-0.2, 0) is 24.9 Å². The molecular formula is C14H31O5P. The smallest absolute Gasteiger partial charge is 0.125 e. The summed E-state index contributed by atoms with van der Waals surface area (Å²) in [6, 6.07) is 0. The summed E-state index contributed by atoms with van der Waals surface area (Å²) in [7, 11) is 0. The molecule has 0 aromatic heterocycles. The van der Waals surface area contributed by atoms with Gasteiger partial charge in [-0.05, 0) is 11.5 Å². The standard InChI is InChI=1S/C14H28O5.H3P/c1-3-5-6-7-8-9-10-11-12-13-14-16-18-19-17-15-4-2;/h4H,2-3,5-14H2,1H3;1H3. The molecule has 122 valence electrons. The van der Waals surface area contributed by atoms with Crippen molar-refractivity contribution in [3.05, 3.63) is 12.8 Å². The van der Waals surface area contributed by atoms with Gasteiger partial charge >= 0.3 is 0 Å². The third-order valence-electron chi connectivity index (χ3n) is 2.79. The van der Waals surface area contributed by atoms with E-state index in [2.05, 4.69) is 33.5 Å². The van der Waals surface area contributed by atoms with Gasteiger partial charge in [-0.2, -0.15) is 9.90 Å². The predicted molar refractivity (Wildman–Crippen MR) is 83.4 cm³/mol. The number of hydrogen-bond acceptors (Lipinski definition) is 5. The van der Waals surface area contributed by atoms with Gasteiger partial charge in [0.2, 0.25) is 0 Å². The highest BCUT2D eigenvalue weighted by atomic mass is 31.0. The summed E-state index contributed by atoms with van der Waals surface area (Å²) in [5.41, 5.74) is 0. The van der Waals surface area contributed by atoms with E-state index in [-0.39, 0.29) is 9.90 Å². The molecule has 5 nitrogen and oxygen atoms in total. The molecular weight excluding hydrogens is 279 g/mol. The lowest BCUT2D eigenvalue weighted by Crippen LogP contribution is -1.99. The SMILES string of the molecule is C=COOOOOCCCCCCCCCCCC.P. The fraction of sp³-hybridized carbons (Fsp3) is 0.857. The molecule has 0 N–H and O–H groups in total. The first-order valence-electron chi connectivity index (χ1n) is 7.31. The van der Waals surface area contributed by atoms with Crippen LogP contribution in [0.1, 0.15) is 71.1 Å². The Hall–Kier alpha value is -0.190. The normalized spacial score (nSPS) is 10.1. The molecule has 0 bridgehead atoms. The number of unbranched alkanes of at least 4 members (excludes halogenated alkanes) is 9. The second-order valence-corrected chi connectivity index (χ2v) is 4.47. The van der Waals surface area contributed by atoms with Crippen molar-refractivity contribution in [1.29, 1.82) is 0 Å². The Labute approximate surface area is 126 Å². The van der Waals surface area contributed by atoms with Crippen LogP contribution in [0, 0.1) is 0 Å². The molecule has 20 heavy (non-hydrogen) atoms. The third kappa shape index (κ3) is 20.1. The Morgan fingerprint density at radius 2 is 1.30 bits per heavy atom. The molecule has 0 amide bonds. The summed E-state index contributed by atoms with van der Waals surface area (Å²) in [5.74, 6) is 0. The molecule has 0 aromatic rings. The van der Waals surface area contributed by atoms with Crippen LogP contribution in [0.2, 0.25) is 0 Å². The van der Waals surface area contributed by atoms with Crippen molar-refractivity contribution in [1.82, 2.24) is 0 Å². The van der Waals surface area contributed by atoms with Gasteiger partial charge in [0.05, 0.1) is 6.61 Å². The van der Waals surface area contributed by atoms with Crippen LogP contribution in [0.15, 0.2) is 12.8 Å². The highest BCUT2D eigenvalue weighted by Crippen LogP contribution is 2.10. The minimum Gasteiger partial charge on any atom is -0.315 e. The molecule has 0 aliphatic rings. The highest BCUT2D eigenvalue weighted by molar-refractivity contribution is 6.92. The van der Waals surface area contributed by atoms with Gasteiger partial charge in [0.15, 0.2) is 0 Å². The molecule has 0 rings (SSSR count). The minimum absolute atomic E-state index is 0. The third-order valence-corrected chi connectivity index (χ3v) is 2.79. The molecule has 0 aliphatic heterocycles. The van der Waals surface area contributed by atoms with Crippen molar-refractivity contribution in [2.24, 2.45) is 0 Å². The molecule has 1 atom stereocenters. The van der Waals surface area contributed by atoms with Gasteiger partial charge in [0.25, 0.3) is 0 Å². The van der Waals surface area contributed by atoms with Crippen LogP contribution in [0.3, 0.4) is 0 Å². The first-order chi connectivity index (χ1) is 9.41. The van der Waals surface area contributed by atoms with Crippen LogP contribution in [0.25, 0.3) is 0 Å². The topological polar surface area (TPSA) is 46.2 Å². The van der Waals surface area contributed by atoms with E-state index in [9.17, 15) is 0 Å². The molecule has 0 aromatic carbocycles. The molecule has 1 unspecified atom stereocenters. The first-order valence-corrected chi connectivity index (χ1v) is 7.31. The highest BCUT2D eigenvalue weighted by Gasteiger charge is 1.94. The van der Waals surface area contributed by atoms with E-state index >= 15 is 0 Å². The summed E-state index contributed by atoms with van der Waals surface area (Å²) in [4.78, 5) is 8.87. The monoisotopic (exact) mass is 310 g/mol. The zero-order valence-corrected chi connectivity index (χ0v) is 14.2. The zero-order chi connectivity index (χ0) is 14.0. The van der Waals surface area contributed by atoms with E-state index in [4.69, 9.17) is 4.89 Å². The lowest BCUT2D eigenvalue weighted by atomic mass is 10.1. The van der Waals surface area contributed by atoms with Crippen molar-refractivity contribution in [2.75, 3.05) is 6.61 Å². The van der Waals surface area contributed by atoms with Crippen molar-refractivity contribution in [3.8, 4) is 0 Å². The van der Waals surface area contributed by atoms with Gasteiger partial charge in [-0.1, -0.05) is 71.3 Å². The summed E-state index contributed by atoms with van der Waals surface area (Å²) >= 11 is 0. The van der Waals surface area contributed by atoms with Crippen LogP contribution in [-0.4, -0.2) is 6.61 Å². The Kier molecular flexibility index (Phi) is 23.3. The average Bonchev–Trinajstić information content (AvgIpc) is 2.43.